The van der Waals surface area contributed by atoms with Crippen LogP contribution in [0.4, 0.5) is 11.4 Å². The van der Waals surface area contributed by atoms with Crippen LogP contribution in [0, 0.1) is 0 Å². The Bertz CT molecular complexity index is 1420. The fourth-order valence-electron chi connectivity index (χ4n) is 4.16. The normalized spacial score (nSPS) is 14.6. The Morgan fingerprint density at radius 2 is 1.74 bits per heavy atom. The average molecular weight is 469 g/mol. The van der Waals surface area contributed by atoms with Crippen molar-refractivity contribution in [1.82, 2.24) is 9.97 Å². The number of para-hydroxylation sites is 2. The number of H-pyrrole nitrogens is 1. The van der Waals surface area contributed by atoms with Crippen molar-refractivity contribution in [2.75, 3.05) is 36.5 Å². The minimum atomic E-state index is -0.373. The molecule has 35 heavy (non-hydrogen) atoms. The highest BCUT2D eigenvalue weighted by Gasteiger charge is 2.13. The smallest absolute Gasteiger partial charge is 0.276 e. The number of nitrogens with two attached hydrogens (primary N) is 2. The number of rotatable bonds is 6. The van der Waals surface area contributed by atoms with E-state index in [-0.39, 0.29) is 17.0 Å². The second-order valence-corrected chi connectivity index (χ2v) is 8.46. The first-order chi connectivity index (χ1) is 17.1. The molecule has 1 aliphatic heterocycles. The van der Waals surface area contributed by atoms with Gasteiger partial charge in [-0.25, -0.2) is 4.98 Å². The third-order valence-electron chi connectivity index (χ3n) is 6.12. The second-order valence-electron chi connectivity index (χ2n) is 8.46. The van der Waals surface area contributed by atoms with Crippen LogP contribution in [0.5, 0.6) is 0 Å². The Morgan fingerprint density at radius 3 is 2.54 bits per heavy atom. The Labute approximate surface area is 203 Å². The molecule has 1 aliphatic rings. The van der Waals surface area contributed by atoms with E-state index < -0.39 is 0 Å². The first-order valence-corrected chi connectivity index (χ1v) is 11.6. The minimum absolute atomic E-state index is 0.116. The van der Waals surface area contributed by atoms with Crippen molar-refractivity contribution < 1.29 is 4.74 Å². The van der Waals surface area contributed by atoms with Gasteiger partial charge in [-0.05, 0) is 53.6 Å². The molecule has 0 radical (unpaired) electrons. The van der Waals surface area contributed by atoms with Gasteiger partial charge in [-0.15, -0.1) is 0 Å². The quantitative estimate of drug-likeness (QED) is 0.343. The Hall–Kier alpha value is -4.30. The number of ether oxygens (including phenoxy) is 1. The zero-order chi connectivity index (χ0) is 24.2. The first kappa shape index (κ1) is 22.5. The van der Waals surface area contributed by atoms with Gasteiger partial charge in [0, 0.05) is 31.0 Å². The van der Waals surface area contributed by atoms with E-state index >= 15 is 0 Å². The van der Waals surface area contributed by atoms with Gasteiger partial charge in [-0.3, -0.25) is 4.79 Å². The van der Waals surface area contributed by atoms with Crippen molar-refractivity contribution in [3.8, 4) is 0 Å². The summed E-state index contributed by atoms with van der Waals surface area (Å²) in [6.07, 6.45) is 0. The van der Waals surface area contributed by atoms with Gasteiger partial charge in [0.05, 0.1) is 35.6 Å². The number of hydrogen-bond acceptors (Lipinski definition) is 7. The number of aromatic nitrogens is 2. The summed E-state index contributed by atoms with van der Waals surface area (Å²) in [6.45, 7) is 3.98. The number of aromatic amines is 1. The topological polar surface area (TPSA) is 122 Å². The summed E-state index contributed by atoms with van der Waals surface area (Å²) < 4.78 is 5.43. The Morgan fingerprint density at radius 1 is 0.971 bits per heavy atom. The van der Waals surface area contributed by atoms with Crippen LogP contribution in [-0.4, -0.2) is 36.3 Å². The highest BCUT2D eigenvalue weighted by atomic mass is 16.5. The van der Waals surface area contributed by atoms with Gasteiger partial charge < -0.3 is 31.4 Å². The fourth-order valence-corrected chi connectivity index (χ4v) is 4.16. The molecular formula is C27H28N6O2. The lowest BCUT2D eigenvalue weighted by molar-refractivity contribution is 0.122. The van der Waals surface area contributed by atoms with E-state index in [0.29, 0.717) is 23.3 Å². The predicted molar refractivity (Wildman–Crippen MR) is 141 cm³/mol. The van der Waals surface area contributed by atoms with Crippen LogP contribution in [-0.2, 0) is 11.3 Å². The van der Waals surface area contributed by atoms with Gasteiger partial charge in [0.2, 0.25) is 0 Å². The molecule has 2 heterocycles. The van der Waals surface area contributed by atoms with Gasteiger partial charge in [-0.2, -0.15) is 0 Å². The number of morpholine rings is 1. The summed E-state index contributed by atoms with van der Waals surface area (Å²) in [5.41, 5.74) is 18.2. The number of hydrogen-bond donors (Lipinski definition) is 4. The molecular weight excluding hydrogens is 440 g/mol. The van der Waals surface area contributed by atoms with Crippen molar-refractivity contribution in [2.45, 2.75) is 6.54 Å². The Kier molecular flexibility index (Phi) is 6.36. The molecule has 1 aromatic heterocycles. The SMILES string of the molecule is N/C(=C(/N)c1nc2ccccc2[nH]c1=O)c1cccc(CNc2ccc(N3CCOCC3)cc2)c1. The van der Waals surface area contributed by atoms with E-state index in [0.717, 1.165) is 43.1 Å². The molecule has 1 fully saturated rings. The standard InChI is InChI=1S/C27H28N6O2/c28-24(25(29)26-27(34)32-23-7-2-1-6-22(23)31-26)19-5-3-4-18(16-19)17-30-20-8-10-21(11-9-20)33-12-14-35-15-13-33/h1-11,16,30H,12-15,17,28-29H2,(H,32,34)/b25-24+. The van der Waals surface area contributed by atoms with Crippen LogP contribution >= 0.6 is 0 Å². The van der Waals surface area contributed by atoms with Crippen molar-refractivity contribution >= 4 is 33.8 Å². The molecule has 3 aromatic carbocycles. The van der Waals surface area contributed by atoms with Gasteiger partial charge in [0.1, 0.15) is 0 Å². The van der Waals surface area contributed by atoms with Crippen LogP contribution in [0.3, 0.4) is 0 Å². The van der Waals surface area contributed by atoms with E-state index in [9.17, 15) is 4.79 Å². The maximum Gasteiger partial charge on any atom is 0.276 e. The second kappa shape index (κ2) is 9.90. The number of anilines is 2. The molecule has 0 bridgehead atoms. The molecule has 0 amide bonds. The summed E-state index contributed by atoms with van der Waals surface area (Å²) in [5.74, 6) is 0. The monoisotopic (exact) mass is 468 g/mol. The minimum Gasteiger partial charge on any atom is -0.397 e. The summed E-state index contributed by atoms with van der Waals surface area (Å²) in [5, 5.41) is 3.45. The zero-order valence-corrected chi connectivity index (χ0v) is 19.3. The number of nitrogens with one attached hydrogen (secondary N) is 2. The molecule has 1 saturated heterocycles. The van der Waals surface area contributed by atoms with Crippen LogP contribution in [0.1, 0.15) is 16.8 Å². The fraction of sp³-hybridized carbons (Fsp3) is 0.185. The van der Waals surface area contributed by atoms with E-state index in [2.05, 4.69) is 44.5 Å². The van der Waals surface area contributed by atoms with E-state index in [1.807, 2.05) is 42.5 Å². The van der Waals surface area contributed by atoms with E-state index in [1.54, 1.807) is 6.07 Å². The van der Waals surface area contributed by atoms with Gasteiger partial charge in [0.25, 0.3) is 5.56 Å². The molecule has 8 nitrogen and oxygen atoms in total. The number of benzene rings is 3. The molecule has 8 heteroatoms. The van der Waals surface area contributed by atoms with Crippen molar-refractivity contribution in [2.24, 2.45) is 11.5 Å². The van der Waals surface area contributed by atoms with E-state index in [4.69, 9.17) is 16.2 Å². The molecule has 5 rings (SSSR count). The molecule has 178 valence electrons. The third-order valence-corrected chi connectivity index (χ3v) is 6.12. The van der Waals surface area contributed by atoms with Gasteiger partial charge >= 0.3 is 0 Å². The van der Waals surface area contributed by atoms with Gasteiger partial charge in [0.15, 0.2) is 5.69 Å². The van der Waals surface area contributed by atoms with Crippen LogP contribution < -0.4 is 27.2 Å². The third kappa shape index (κ3) is 4.97. The van der Waals surface area contributed by atoms with Crippen LogP contribution in [0.15, 0.2) is 77.6 Å². The van der Waals surface area contributed by atoms with Crippen LogP contribution in [0.2, 0.25) is 0 Å². The zero-order valence-electron chi connectivity index (χ0n) is 19.3. The lowest BCUT2D eigenvalue weighted by atomic mass is 10.1. The molecule has 0 atom stereocenters. The number of fused-ring (bicyclic) bond motifs is 1. The lowest BCUT2D eigenvalue weighted by Gasteiger charge is -2.28. The van der Waals surface area contributed by atoms with Crippen LogP contribution in [0.25, 0.3) is 22.4 Å². The predicted octanol–water partition coefficient (Wildman–Crippen LogP) is 3.12. The lowest BCUT2D eigenvalue weighted by Crippen LogP contribution is -2.36. The van der Waals surface area contributed by atoms with Crippen molar-refractivity contribution in [1.29, 1.82) is 0 Å². The molecule has 0 aliphatic carbocycles. The number of nitrogens with zero attached hydrogens (tertiary/aromatic N) is 2. The summed E-state index contributed by atoms with van der Waals surface area (Å²) >= 11 is 0. The molecule has 0 unspecified atom stereocenters. The van der Waals surface area contributed by atoms with Crippen molar-refractivity contribution in [3.63, 3.8) is 0 Å². The van der Waals surface area contributed by atoms with E-state index in [1.165, 1.54) is 5.69 Å². The average Bonchev–Trinajstić information content (AvgIpc) is 2.91. The molecule has 6 N–H and O–H groups in total. The molecule has 0 saturated carbocycles. The molecule has 0 spiro atoms. The highest BCUT2D eigenvalue weighted by molar-refractivity contribution is 5.88. The largest absolute Gasteiger partial charge is 0.397 e. The maximum absolute atomic E-state index is 12.6. The van der Waals surface area contributed by atoms with Crippen molar-refractivity contribution in [3.05, 3.63) is 100.0 Å². The maximum atomic E-state index is 12.6. The first-order valence-electron chi connectivity index (χ1n) is 11.6. The summed E-state index contributed by atoms with van der Waals surface area (Å²) in [7, 11) is 0. The van der Waals surface area contributed by atoms with Gasteiger partial charge in [-0.1, -0.05) is 30.3 Å². The highest BCUT2D eigenvalue weighted by Crippen LogP contribution is 2.21. The summed E-state index contributed by atoms with van der Waals surface area (Å²) in [4.78, 5) is 22.1. The Balaban J connectivity index is 1.32. The summed E-state index contributed by atoms with van der Waals surface area (Å²) in [6, 6.07) is 23.5. The molecule has 4 aromatic rings.